The quantitative estimate of drug-likeness (QED) is 0.235. The summed E-state index contributed by atoms with van der Waals surface area (Å²) >= 11 is 0. The first-order chi connectivity index (χ1) is 14.7. The number of unbranched alkanes of at least 4 members (excludes halogenated alkanes) is 7. The van der Waals surface area contributed by atoms with Gasteiger partial charge in [-0.3, -0.25) is 4.79 Å². The highest BCUT2D eigenvalue weighted by Gasteiger charge is 2.44. The van der Waals surface area contributed by atoms with Crippen LogP contribution in [0.2, 0.25) is 0 Å². The van der Waals surface area contributed by atoms with Crippen molar-refractivity contribution in [1.82, 2.24) is 0 Å². The van der Waals surface area contributed by atoms with Crippen molar-refractivity contribution in [3.63, 3.8) is 0 Å². The van der Waals surface area contributed by atoms with Crippen molar-refractivity contribution < 1.29 is 9.53 Å². The summed E-state index contributed by atoms with van der Waals surface area (Å²) < 4.78 is 5.94. The predicted molar refractivity (Wildman–Crippen MR) is 126 cm³/mol. The van der Waals surface area contributed by atoms with Crippen LogP contribution in [0.25, 0.3) is 0 Å². The summed E-state index contributed by atoms with van der Waals surface area (Å²) in [6, 6.07) is 0. The van der Waals surface area contributed by atoms with Crippen LogP contribution >= 0.6 is 0 Å². The number of hydrogen-bond acceptors (Lipinski definition) is 2. The summed E-state index contributed by atoms with van der Waals surface area (Å²) in [5.74, 6) is 4.88. The molecule has 30 heavy (non-hydrogen) atoms. The van der Waals surface area contributed by atoms with Crippen LogP contribution in [0.4, 0.5) is 0 Å². The van der Waals surface area contributed by atoms with Crippen LogP contribution in [0, 0.1) is 29.6 Å². The average molecular weight is 419 g/mol. The van der Waals surface area contributed by atoms with Crippen LogP contribution < -0.4 is 0 Å². The van der Waals surface area contributed by atoms with Crippen molar-refractivity contribution >= 4 is 5.97 Å². The first kappa shape index (κ1) is 24.1. The zero-order valence-electron chi connectivity index (χ0n) is 20.2. The van der Waals surface area contributed by atoms with E-state index in [0.29, 0.717) is 6.42 Å². The monoisotopic (exact) mass is 418 g/mol. The third-order valence-electron chi connectivity index (χ3n) is 8.85. The molecule has 2 heteroatoms. The second-order valence-electron chi connectivity index (χ2n) is 11.0. The minimum atomic E-state index is 0.0807. The number of fused-ring (bicyclic) bond motifs is 3. The molecule has 0 bridgehead atoms. The fourth-order valence-electron chi connectivity index (χ4n) is 7.18. The highest BCUT2D eigenvalue weighted by atomic mass is 16.5. The van der Waals surface area contributed by atoms with E-state index in [0.717, 1.165) is 48.9 Å². The molecule has 3 rings (SSSR count). The standard InChI is InChI=1S/C28H50O2/c1-3-5-7-8-9-10-11-13-28(29)30-25-17-19-27-24(21-25)16-15-23-20-22(12-6-4-2)14-18-26(23)27/h22-27H,3-21H2,1-2H3. The lowest BCUT2D eigenvalue weighted by Gasteiger charge is -2.50. The van der Waals surface area contributed by atoms with Crippen LogP contribution in [0.3, 0.4) is 0 Å². The Morgan fingerprint density at radius 3 is 2.07 bits per heavy atom. The first-order valence-corrected chi connectivity index (χ1v) is 13.9. The largest absolute Gasteiger partial charge is 0.462 e. The maximum absolute atomic E-state index is 12.3. The molecule has 3 saturated carbocycles. The summed E-state index contributed by atoms with van der Waals surface area (Å²) in [6.45, 7) is 4.59. The van der Waals surface area contributed by atoms with E-state index in [1.54, 1.807) is 0 Å². The zero-order chi connectivity index (χ0) is 21.2. The average Bonchev–Trinajstić information content (AvgIpc) is 2.76. The molecule has 0 aromatic rings. The predicted octanol–water partition coefficient (Wildman–Crippen LogP) is 8.47. The van der Waals surface area contributed by atoms with Gasteiger partial charge in [0.15, 0.2) is 0 Å². The Bertz CT molecular complexity index is 487. The Labute approximate surface area is 187 Å². The molecule has 2 nitrogen and oxygen atoms in total. The lowest BCUT2D eigenvalue weighted by molar-refractivity contribution is -0.153. The van der Waals surface area contributed by atoms with Gasteiger partial charge in [-0.15, -0.1) is 0 Å². The van der Waals surface area contributed by atoms with Gasteiger partial charge in [0.05, 0.1) is 0 Å². The Morgan fingerprint density at radius 2 is 1.33 bits per heavy atom. The summed E-state index contributed by atoms with van der Waals surface area (Å²) in [4.78, 5) is 12.3. The van der Waals surface area contributed by atoms with E-state index < -0.39 is 0 Å². The van der Waals surface area contributed by atoms with E-state index in [1.807, 2.05) is 0 Å². The highest BCUT2D eigenvalue weighted by molar-refractivity contribution is 5.69. The second-order valence-corrected chi connectivity index (χ2v) is 11.0. The van der Waals surface area contributed by atoms with E-state index in [2.05, 4.69) is 13.8 Å². The van der Waals surface area contributed by atoms with Crippen molar-refractivity contribution in [2.45, 2.75) is 142 Å². The van der Waals surface area contributed by atoms with Gasteiger partial charge in [-0.1, -0.05) is 78.1 Å². The maximum Gasteiger partial charge on any atom is 0.306 e. The van der Waals surface area contributed by atoms with Crippen LogP contribution in [0.1, 0.15) is 136 Å². The third-order valence-corrected chi connectivity index (χ3v) is 8.85. The van der Waals surface area contributed by atoms with Gasteiger partial charge in [-0.2, -0.15) is 0 Å². The molecule has 0 radical (unpaired) electrons. The summed E-state index contributed by atoms with van der Waals surface area (Å²) in [5.41, 5.74) is 0. The number of ether oxygens (including phenoxy) is 1. The molecule has 0 N–H and O–H groups in total. The summed E-state index contributed by atoms with van der Waals surface area (Å²) in [6.07, 6.45) is 24.9. The van der Waals surface area contributed by atoms with Crippen molar-refractivity contribution in [2.24, 2.45) is 29.6 Å². The minimum absolute atomic E-state index is 0.0807. The molecular formula is C28H50O2. The molecule has 174 valence electrons. The molecule has 0 saturated heterocycles. The maximum atomic E-state index is 12.3. The van der Waals surface area contributed by atoms with Crippen LogP contribution in [0.15, 0.2) is 0 Å². The van der Waals surface area contributed by atoms with E-state index in [4.69, 9.17) is 4.74 Å². The second kappa shape index (κ2) is 13.1. The number of rotatable bonds is 12. The fraction of sp³-hybridized carbons (Fsp3) is 0.964. The van der Waals surface area contributed by atoms with Crippen molar-refractivity contribution in [2.75, 3.05) is 0 Å². The van der Waals surface area contributed by atoms with Crippen LogP contribution in [-0.2, 0) is 9.53 Å². The number of esters is 1. The molecule has 6 atom stereocenters. The van der Waals surface area contributed by atoms with E-state index in [1.165, 1.54) is 96.3 Å². The molecule has 6 unspecified atom stereocenters. The zero-order valence-corrected chi connectivity index (χ0v) is 20.2. The molecule has 0 aromatic heterocycles. The molecule has 0 spiro atoms. The number of carbonyl (C=O) groups is 1. The summed E-state index contributed by atoms with van der Waals surface area (Å²) in [5, 5.41) is 0. The first-order valence-electron chi connectivity index (χ1n) is 13.9. The Morgan fingerprint density at radius 1 is 0.700 bits per heavy atom. The van der Waals surface area contributed by atoms with Crippen molar-refractivity contribution in [1.29, 1.82) is 0 Å². The molecule has 0 aromatic carbocycles. The molecule has 3 fully saturated rings. The van der Waals surface area contributed by atoms with Gasteiger partial charge in [-0.25, -0.2) is 0 Å². The van der Waals surface area contributed by atoms with Crippen molar-refractivity contribution in [3.8, 4) is 0 Å². The Kier molecular flexibility index (Phi) is 10.5. The fourth-order valence-corrected chi connectivity index (χ4v) is 7.18. The SMILES string of the molecule is CCCCCCCCCC(=O)OC1CCC2C(CCC3CC(CCCC)CCC32)C1. The Balaban J connectivity index is 1.32. The number of hydrogen-bond donors (Lipinski definition) is 0. The lowest BCUT2D eigenvalue weighted by atomic mass is 9.56. The molecular weight excluding hydrogens is 368 g/mol. The lowest BCUT2D eigenvalue weighted by Crippen LogP contribution is -2.43. The minimum Gasteiger partial charge on any atom is -0.462 e. The summed E-state index contributed by atoms with van der Waals surface area (Å²) in [7, 11) is 0. The molecule has 0 amide bonds. The van der Waals surface area contributed by atoms with Gasteiger partial charge in [-0.05, 0) is 81.0 Å². The smallest absolute Gasteiger partial charge is 0.306 e. The van der Waals surface area contributed by atoms with Gasteiger partial charge >= 0.3 is 5.97 Å². The topological polar surface area (TPSA) is 26.3 Å². The third kappa shape index (κ3) is 7.27. The highest BCUT2D eigenvalue weighted by Crippen LogP contribution is 2.53. The van der Waals surface area contributed by atoms with E-state index in [9.17, 15) is 4.79 Å². The Hall–Kier alpha value is -0.530. The molecule has 3 aliphatic rings. The molecule has 3 aliphatic carbocycles. The van der Waals surface area contributed by atoms with E-state index in [-0.39, 0.29) is 12.1 Å². The molecule has 0 heterocycles. The molecule has 0 aliphatic heterocycles. The van der Waals surface area contributed by atoms with Crippen molar-refractivity contribution in [3.05, 3.63) is 0 Å². The van der Waals surface area contributed by atoms with Crippen LogP contribution in [0.5, 0.6) is 0 Å². The van der Waals surface area contributed by atoms with Gasteiger partial charge < -0.3 is 4.74 Å². The van der Waals surface area contributed by atoms with E-state index >= 15 is 0 Å². The normalized spacial score (nSPS) is 33.5. The number of carbonyl (C=O) groups excluding carboxylic acids is 1. The van der Waals surface area contributed by atoms with Gasteiger partial charge in [0.2, 0.25) is 0 Å². The van der Waals surface area contributed by atoms with Gasteiger partial charge in [0.25, 0.3) is 0 Å². The van der Waals surface area contributed by atoms with Gasteiger partial charge in [0.1, 0.15) is 6.10 Å². The van der Waals surface area contributed by atoms with Crippen LogP contribution in [-0.4, -0.2) is 12.1 Å². The van der Waals surface area contributed by atoms with Gasteiger partial charge in [0, 0.05) is 6.42 Å².